The highest BCUT2D eigenvalue weighted by molar-refractivity contribution is 7.21. The molecule has 6 heteroatoms. The standard InChI is InChI=1S/C15H14N2O3S/c1-9(18)20-14-8-13-15(21-14)12(16-17-13)7-10-3-5-11(19-2)6-4-10/h3-6,8H,7H2,1-2H3,(H,16,17). The van der Waals surface area contributed by atoms with E-state index in [1.807, 2.05) is 24.3 Å². The zero-order chi connectivity index (χ0) is 14.8. The molecule has 5 nitrogen and oxygen atoms in total. The van der Waals surface area contributed by atoms with Gasteiger partial charge in [-0.25, -0.2) is 0 Å². The summed E-state index contributed by atoms with van der Waals surface area (Å²) < 4.78 is 11.3. The fraction of sp³-hybridized carbons (Fsp3) is 0.200. The third kappa shape index (κ3) is 2.90. The highest BCUT2D eigenvalue weighted by Crippen LogP contribution is 2.33. The molecule has 3 rings (SSSR count). The third-order valence-electron chi connectivity index (χ3n) is 3.06. The summed E-state index contributed by atoms with van der Waals surface area (Å²) in [5.41, 5.74) is 2.99. The Balaban J connectivity index is 1.85. The number of nitrogens with zero attached hydrogens (tertiary/aromatic N) is 1. The number of H-pyrrole nitrogens is 1. The number of hydrogen-bond acceptors (Lipinski definition) is 5. The quantitative estimate of drug-likeness (QED) is 0.752. The molecule has 0 aliphatic carbocycles. The third-order valence-corrected chi connectivity index (χ3v) is 4.12. The van der Waals surface area contributed by atoms with Crippen molar-refractivity contribution >= 4 is 27.5 Å². The zero-order valence-corrected chi connectivity index (χ0v) is 12.5. The second kappa shape index (κ2) is 5.57. The summed E-state index contributed by atoms with van der Waals surface area (Å²) in [6.07, 6.45) is 0.737. The summed E-state index contributed by atoms with van der Waals surface area (Å²) >= 11 is 1.42. The largest absolute Gasteiger partial charge is 0.497 e. The van der Waals surface area contributed by atoms with Gasteiger partial charge in [-0.3, -0.25) is 9.89 Å². The van der Waals surface area contributed by atoms with Crippen LogP contribution in [0.1, 0.15) is 18.2 Å². The van der Waals surface area contributed by atoms with Crippen LogP contribution in [0.15, 0.2) is 30.3 Å². The maximum Gasteiger partial charge on any atom is 0.308 e. The Bertz CT molecular complexity index is 774. The molecule has 0 aliphatic heterocycles. The molecule has 1 aromatic carbocycles. The number of benzene rings is 1. The van der Waals surface area contributed by atoms with Crippen LogP contribution < -0.4 is 9.47 Å². The number of methoxy groups -OCH3 is 1. The van der Waals surface area contributed by atoms with Gasteiger partial charge in [-0.2, -0.15) is 5.10 Å². The number of nitrogens with one attached hydrogen (secondary N) is 1. The first-order valence-electron chi connectivity index (χ1n) is 6.44. The van der Waals surface area contributed by atoms with Crippen LogP contribution in [0.2, 0.25) is 0 Å². The molecule has 0 saturated heterocycles. The second-order valence-corrected chi connectivity index (χ2v) is 5.62. The number of esters is 1. The van der Waals surface area contributed by atoms with Crippen molar-refractivity contribution in [1.82, 2.24) is 10.2 Å². The van der Waals surface area contributed by atoms with Crippen molar-refractivity contribution in [1.29, 1.82) is 0 Å². The molecule has 0 saturated carbocycles. The SMILES string of the molecule is COc1ccc(Cc2[nH]nc3cc(OC(C)=O)sc23)cc1. The Morgan fingerprint density at radius 2 is 2.10 bits per heavy atom. The van der Waals surface area contributed by atoms with E-state index >= 15 is 0 Å². The second-order valence-electron chi connectivity index (χ2n) is 4.60. The number of ether oxygens (including phenoxy) is 2. The Morgan fingerprint density at radius 3 is 2.76 bits per heavy atom. The molecule has 0 atom stereocenters. The van der Waals surface area contributed by atoms with Crippen molar-refractivity contribution in [2.75, 3.05) is 7.11 Å². The van der Waals surface area contributed by atoms with Crippen LogP contribution in [0.4, 0.5) is 0 Å². The molecule has 0 unspecified atom stereocenters. The first-order valence-corrected chi connectivity index (χ1v) is 7.25. The molecule has 21 heavy (non-hydrogen) atoms. The Kier molecular flexibility index (Phi) is 3.62. The minimum atomic E-state index is -0.320. The van der Waals surface area contributed by atoms with E-state index in [1.165, 1.54) is 18.3 Å². The van der Waals surface area contributed by atoms with E-state index in [9.17, 15) is 4.79 Å². The number of carbonyl (C=O) groups excluding carboxylic acids is 1. The van der Waals surface area contributed by atoms with Crippen LogP contribution in [0.5, 0.6) is 10.8 Å². The maximum atomic E-state index is 11.0. The summed E-state index contributed by atoms with van der Waals surface area (Å²) in [6.45, 7) is 1.39. The van der Waals surface area contributed by atoms with Gasteiger partial charge in [0.15, 0.2) is 5.06 Å². The fourth-order valence-corrected chi connectivity index (χ4v) is 3.08. The van der Waals surface area contributed by atoms with Gasteiger partial charge in [0.25, 0.3) is 0 Å². The van der Waals surface area contributed by atoms with Crippen LogP contribution >= 0.6 is 11.3 Å². The summed E-state index contributed by atoms with van der Waals surface area (Å²) in [6, 6.07) is 9.68. The summed E-state index contributed by atoms with van der Waals surface area (Å²) in [5, 5.41) is 7.86. The van der Waals surface area contributed by atoms with Crippen molar-refractivity contribution in [2.45, 2.75) is 13.3 Å². The van der Waals surface area contributed by atoms with E-state index in [2.05, 4.69) is 10.2 Å². The van der Waals surface area contributed by atoms with Crippen LogP contribution in [0.25, 0.3) is 10.2 Å². The Morgan fingerprint density at radius 1 is 1.33 bits per heavy atom. The molecule has 0 radical (unpaired) electrons. The molecule has 108 valence electrons. The average molecular weight is 302 g/mol. The van der Waals surface area contributed by atoms with E-state index in [-0.39, 0.29) is 5.97 Å². The molecule has 1 N–H and O–H groups in total. The monoisotopic (exact) mass is 302 g/mol. The lowest BCUT2D eigenvalue weighted by Gasteiger charge is -2.02. The normalized spacial score (nSPS) is 10.8. The lowest BCUT2D eigenvalue weighted by molar-refractivity contribution is -0.131. The average Bonchev–Trinajstić information content (AvgIpc) is 3.00. The van der Waals surface area contributed by atoms with Crippen molar-refractivity contribution < 1.29 is 14.3 Å². The predicted molar refractivity (Wildman–Crippen MR) is 81.1 cm³/mol. The van der Waals surface area contributed by atoms with Gasteiger partial charge in [0.1, 0.15) is 11.3 Å². The number of hydrogen-bond donors (Lipinski definition) is 1. The van der Waals surface area contributed by atoms with Gasteiger partial charge in [-0.05, 0) is 17.7 Å². The number of aromatic nitrogens is 2. The van der Waals surface area contributed by atoms with Crippen molar-refractivity contribution in [3.63, 3.8) is 0 Å². The number of aromatic amines is 1. The smallest absolute Gasteiger partial charge is 0.308 e. The molecule has 0 aliphatic rings. The van der Waals surface area contributed by atoms with Gasteiger partial charge in [-0.1, -0.05) is 23.5 Å². The molecule has 2 aromatic heterocycles. The Hall–Kier alpha value is -2.34. The van der Waals surface area contributed by atoms with E-state index in [1.54, 1.807) is 13.2 Å². The van der Waals surface area contributed by atoms with Crippen LogP contribution in [0, 0.1) is 0 Å². The number of fused-ring (bicyclic) bond motifs is 1. The first kappa shape index (κ1) is 13.6. The lowest BCUT2D eigenvalue weighted by atomic mass is 10.1. The molecule has 2 heterocycles. The van der Waals surface area contributed by atoms with Crippen molar-refractivity contribution in [3.05, 3.63) is 41.6 Å². The van der Waals surface area contributed by atoms with E-state index in [4.69, 9.17) is 9.47 Å². The van der Waals surface area contributed by atoms with Gasteiger partial charge in [-0.15, -0.1) is 0 Å². The van der Waals surface area contributed by atoms with E-state index in [0.717, 1.165) is 33.6 Å². The predicted octanol–water partition coefficient (Wildman–Crippen LogP) is 3.15. The highest BCUT2D eigenvalue weighted by atomic mass is 32.1. The van der Waals surface area contributed by atoms with Gasteiger partial charge in [0, 0.05) is 19.4 Å². The summed E-state index contributed by atoms with van der Waals surface area (Å²) in [5.74, 6) is 0.515. The number of carbonyl (C=O) groups is 1. The maximum absolute atomic E-state index is 11.0. The van der Waals surface area contributed by atoms with Crippen molar-refractivity contribution in [2.24, 2.45) is 0 Å². The number of thiophene rings is 1. The molecule has 3 aromatic rings. The van der Waals surface area contributed by atoms with Gasteiger partial charge in [0.2, 0.25) is 0 Å². The molecule has 0 amide bonds. The minimum Gasteiger partial charge on any atom is -0.497 e. The molecule has 0 spiro atoms. The van der Waals surface area contributed by atoms with Gasteiger partial charge in [0.05, 0.1) is 17.5 Å². The Labute approximate surface area is 125 Å². The number of rotatable bonds is 4. The summed E-state index contributed by atoms with van der Waals surface area (Å²) in [4.78, 5) is 11.0. The van der Waals surface area contributed by atoms with Gasteiger partial charge < -0.3 is 9.47 Å². The zero-order valence-electron chi connectivity index (χ0n) is 11.7. The molecule has 0 fully saturated rings. The van der Waals surface area contributed by atoms with E-state index < -0.39 is 0 Å². The molecular weight excluding hydrogens is 288 g/mol. The highest BCUT2D eigenvalue weighted by Gasteiger charge is 2.12. The van der Waals surface area contributed by atoms with Crippen LogP contribution in [0.3, 0.4) is 0 Å². The van der Waals surface area contributed by atoms with Crippen molar-refractivity contribution in [3.8, 4) is 10.8 Å². The topological polar surface area (TPSA) is 64.2 Å². The molecular formula is C15H14N2O3S. The van der Waals surface area contributed by atoms with Gasteiger partial charge >= 0.3 is 5.97 Å². The fourth-order valence-electron chi connectivity index (χ4n) is 2.10. The summed E-state index contributed by atoms with van der Waals surface area (Å²) in [7, 11) is 1.65. The molecule has 0 bridgehead atoms. The minimum absolute atomic E-state index is 0.320. The lowest BCUT2D eigenvalue weighted by Crippen LogP contribution is -1.99. The first-order chi connectivity index (χ1) is 10.2. The van der Waals surface area contributed by atoms with E-state index in [0.29, 0.717) is 5.06 Å². The van der Waals surface area contributed by atoms with Crippen LogP contribution in [-0.2, 0) is 11.2 Å². The van der Waals surface area contributed by atoms with Crippen LogP contribution in [-0.4, -0.2) is 23.3 Å².